The van der Waals surface area contributed by atoms with Gasteiger partial charge in [0, 0.05) is 36.0 Å². The first-order chi connectivity index (χ1) is 9.83. The Labute approximate surface area is 124 Å². The van der Waals surface area contributed by atoms with E-state index >= 15 is 0 Å². The van der Waals surface area contributed by atoms with E-state index in [-0.39, 0.29) is 0 Å². The van der Waals surface area contributed by atoms with Gasteiger partial charge in [0.1, 0.15) is 5.82 Å². The second-order valence-electron chi connectivity index (χ2n) is 5.27. The van der Waals surface area contributed by atoms with E-state index in [1.807, 2.05) is 18.0 Å². The molecule has 1 aliphatic carbocycles. The minimum absolute atomic E-state index is 0.748. The molecule has 1 saturated carbocycles. The number of rotatable bonds is 7. The van der Waals surface area contributed by atoms with Gasteiger partial charge in [0.05, 0.1) is 5.69 Å². The van der Waals surface area contributed by atoms with Gasteiger partial charge < -0.3 is 9.88 Å². The Kier molecular flexibility index (Phi) is 4.43. The maximum atomic E-state index is 4.45. The number of hydrogen-bond donors (Lipinski definition) is 1. The van der Waals surface area contributed by atoms with Crippen LogP contribution in [0.3, 0.4) is 0 Å². The molecule has 2 aromatic rings. The van der Waals surface area contributed by atoms with Gasteiger partial charge in [-0.3, -0.25) is 0 Å². The van der Waals surface area contributed by atoms with Gasteiger partial charge in [-0.25, -0.2) is 4.98 Å². The molecule has 0 aliphatic heterocycles. The summed E-state index contributed by atoms with van der Waals surface area (Å²) in [5.74, 6) is 2.20. The molecular formula is C16H21N3S. The number of aromatic nitrogens is 2. The Morgan fingerprint density at radius 1 is 1.30 bits per heavy atom. The fourth-order valence-electron chi connectivity index (χ4n) is 2.27. The number of aryl methyl sites for hydroxylation is 1. The molecule has 0 radical (unpaired) electrons. The molecule has 20 heavy (non-hydrogen) atoms. The van der Waals surface area contributed by atoms with E-state index in [0.717, 1.165) is 30.7 Å². The predicted molar refractivity (Wildman–Crippen MR) is 84.0 cm³/mol. The topological polar surface area (TPSA) is 29.9 Å². The lowest BCUT2D eigenvalue weighted by molar-refractivity contribution is 0.619. The summed E-state index contributed by atoms with van der Waals surface area (Å²) in [6, 6.07) is 11.3. The van der Waals surface area contributed by atoms with Crippen LogP contribution in [0.2, 0.25) is 0 Å². The highest BCUT2D eigenvalue weighted by atomic mass is 32.2. The van der Waals surface area contributed by atoms with E-state index in [1.54, 1.807) is 0 Å². The summed E-state index contributed by atoms with van der Waals surface area (Å²) in [4.78, 5) is 5.79. The molecule has 106 valence electrons. The first-order valence-corrected chi connectivity index (χ1v) is 8.24. The molecule has 1 aromatic carbocycles. The number of benzene rings is 1. The monoisotopic (exact) mass is 287 g/mol. The quantitative estimate of drug-likeness (QED) is 0.793. The molecule has 3 nitrogen and oxygen atoms in total. The number of imidazole rings is 1. The molecule has 1 fully saturated rings. The van der Waals surface area contributed by atoms with E-state index < -0.39 is 0 Å². The molecule has 1 N–H and O–H groups in total. The Balaban J connectivity index is 1.54. The smallest absolute Gasteiger partial charge is 0.105 e. The van der Waals surface area contributed by atoms with Gasteiger partial charge in [-0.05, 0) is 31.9 Å². The first-order valence-electron chi connectivity index (χ1n) is 7.25. The molecule has 0 amide bonds. The molecule has 3 rings (SSSR count). The third-order valence-corrected chi connectivity index (χ3v) is 4.61. The lowest BCUT2D eigenvalue weighted by Crippen LogP contribution is -2.19. The van der Waals surface area contributed by atoms with Crippen LogP contribution in [0.25, 0.3) is 0 Å². The standard InChI is InChI=1S/C16H21N3S/c1-13-17-11-15(12-18-14-7-8-14)19(13)9-10-20-16-5-3-2-4-6-16/h2-6,11,14,18H,7-10,12H2,1H3. The Morgan fingerprint density at radius 2 is 2.10 bits per heavy atom. The summed E-state index contributed by atoms with van der Waals surface area (Å²) >= 11 is 1.90. The lowest BCUT2D eigenvalue weighted by atomic mass is 10.4. The van der Waals surface area contributed by atoms with Crippen molar-refractivity contribution in [3.63, 3.8) is 0 Å². The third-order valence-electron chi connectivity index (χ3n) is 3.61. The van der Waals surface area contributed by atoms with Crippen molar-refractivity contribution in [1.82, 2.24) is 14.9 Å². The molecule has 0 bridgehead atoms. The molecule has 0 unspecified atom stereocenters. The maximum absolute atomic E-state index is 4.45. The summed E-state index contributed by atoms with van der Waals surface area (Å²) < 4.78 is 2.34. The van der Waals surface area contributed by atoms with Crippen LogP contribution in [0.5, 0.6) is 0 Å². The average molecular weight is 287 g/mol. The molecule has 1 heterocycles. The third kappa shape index (κ3) is 3.64. The number of nitrogens with zero attached hydrogens (tertiary/aromatic N) is 2. The van der Waals surface area contributed by atoms with E-state index in [1.165, 1.54) is 23.4 Å². The highest BCUT2D eigenvalue weighted by molar-refractivity contribution is 7.99. The minimum Gasteiger partial charge on any atom is -0.330 e. The molecule has 0 atom stereocenters. The molecule has 1 aliphatic rings. The Hall–Kier alpha value is -1.26. The second kappa shape index (κ2) is 6.46. The number of nitrogens with one attached hydrogen (secondary N) is 1. The molecule has 0 saturated heterocycles. The van der Waals surface area contributed by atoms with Crippen LogP contribution in [0.4, 0.5) is 0 Å². The first kappa shape index (κ1) is 13.7. The molecular weight excluding hydrogens is 266 g/mol. The van der Waals surface area contributed by atoms with E-state index in [4.69, 9.17) is 0 Å². The SMILES string of the molecule is Cc1ncc(CNC2CC2)n1CCSc1ccccc1. The van der Waals surface area contributed by atoms with Gasteiger partial charge in [-0.2, -0.15) is 0 Å². The molecule has 1 aromatic heterocycles. The van der Waals surface area contributed by atoms with Crippen molar-refractivity contribution >= 4 is 11.8 Å². The fourth-order valence-corrected chi connectivity index (χ4v) is 3.13. The van der Waals surface area contributed by atoms with Crippen LogP contribution in [0, 0.1) is 6.92 Å². The summed E-state index contributed by atoms with van der Waals surface area (Å²) in [6.07, 6.45) is 4.67. The summed E-state index contributed by atoms with van der Waals surface area (Å²) in [5.41, 5.74) is 1.31. The van der Waals surface area contributed by atoms with Crippen LogP contribution >= 0.6 is 11.8 Å². The summed E-state index contributed by atoms with van der Waals surface area (Å²) in [5, 5.41) is 3.57. The highest BCUT2D eigenvalue weighted by Gasteiger charge is 2.20. The predicted octanol–water partition coefficient (Wildman–Crippen LogP) is 3.24. The zero-order chi connectivity index (χ0) is 13.8. The van der Waals surface area contributed by atoms with Crippen LogP contribution in [-0.4, -0.2) is 21.3 Å². The van der Waals surface area contributed by atoms with Gasteiger partial charge in [-0.15, -0.1) is 11.8 Å². The van der Waals surface area contributed by atoms with E-state index in [2.05, 4.69) is 52.1 Å². The zero-order valence-electron chi connectivity index (χ0n) is 11.9. The average Bonchev–Trinajstić information content (AvgIpc) is 3.24. The van der Waals surface area contributed by atoms with Crippen molar-refractivity contribution in [2.75, 3.05) is 5.75 Å². The van der Waals surface area contributed by atoms with Gasteiger partial charge in [-0.1, -0.05) is 18.2 Å². The van der Waals surface area contributed by atoms with Gasteiger partial charge >= 0.3 is 0 Å². The molecule has 0 spiro atoms. The van der Waals surface area contributed by atoms with Crippen LogP contribution in [0.1, 0.15) is 24.4 Å². The van der Waals surface area contributed by atoms with Crippen molar-refractivity contribution in [1.29, 1.82) is 0 Å². The maximum Gasteiger partial charge on any atom is 0.105 e. The van der Waals surface area contributed by atoms with Crippen molar-refractivity contribution in [2.24, 2.45) is 0 Å². The fraction of sp³-hybridized carbons (Fsp3) is 0.438. The Morgan fingerprint density at radius 3 is 2.85 bits per heavy atom. The summed E-state index contributed by atoms with van der Waals surface area (Å²) in [7, 11) is 0. The van der Waals surface area contributed by atoms with Gasteiger partial charge in [0.15, 0.2) is 0 Å². The van der Waals surface area contributed by atoms with Crippen molar-refractivity contribution < 1.29 is 0 Å². The Bertz CT molecular complexity index is 546. The highest BCUT2D eigenvalue weighted by Crippen LogP contribution is 2.20. The second-order valence-corrected chi connectivity index (χ2v) is 6.43. The van der Waals surface area contributed by atoms with E-state index in [0.29, 0.717) is 0 Å². The van der Waals surface area contributed by atoms with Crippen molar-refractivity contribution in [3.05, 3.63) is 48.0 Å². The lowest BCUT2D eigenvalue weighted by Gasteiger charge is -2.10. The van der Waals surface area contributed by atoms with Crippen molar-refractivity contribution in [2.45, 2.75) is 43.8 Å². The van der Waals surface area contributed by atoms with Gasteiger partial charge in [0.2, 0.25) is 0 Å². The summed E-state index contributed by atoms with van der Waals surface area (Å²) in [6.45, 7) is 4.06. The zero-order valence-corrected chi connectivity index (χ0v) is 12.7. The van der Waals surface area contributed by atoms with Crippen LogP contribution in [-0.2, 0) is 13.1 Å². The minimum atomic E-state index is 0.748. The van der Waals surface area contributed by atoms with E-state index in [9.17, 15) is 0 Å². The number of hydrogen-bond acceptors (Lipinski definition) is 3. The van der Waals surface area contributed by atoms with Crippen LogP contribution in [0.15, 0.2) is 41.4 Å². The van der Waals surface area contributed by atoms with Crippen molar-refractivity contribution in [3.8, 4) is 0 Å². The largest absolute Gasteiger partial charge is 0.330 e. The van der Waals surface area contributed by atoms with Crippen LogP contribution < -0.4 is 5.32 Å². The molecule has 4 heteroatoms. The van der Waals surface area contributed by atoms with Gasteiger partial charge in [0.25, 0.3) is 0 Å². The number of thioether (sulfide) groups is 1. The normalized spacial score (nSPS) is 14.7.